The summed E-state index contributed by atoms with van der Waals surface area (Å²) in [6.07, 6.45) is -9.89. The molecule has 0 bridgehead atoms. The van der Waals surface area contributed by atoms with E-state index >= 15 is 0 Å². The van der Waals surface area contributed by atoms with Crippen molar-refractivity contribution in [1.29, 1.82) is 0 Å². The standard InChI is InChI=1S/C9H5Cl2F3O3.C9H6ClF3O4/c1-16-7-5(10)2-4(8(11)15)3-6(7)17-9(12,13)14;1-16-7-5(10)2-4(8(14)15)3-6(7)17-9(11,12)13/h2-3H,1H3;2-3H,1H3,(H,14,15). The number of rotatable bonds is 6. The molecule has 0 radical (unpaired) electrons. The van der Waals surface area contributed by atoms with E-state index in [4.69, 9.17) is 39.9 Å². The minimum atomic E-state index is -4.96. The second-order valence-corrected chi connectivity index (χ2v) is 6.81. The summed E-state index contributed by atoms with van der Waals surface area (Å²) in [6.45, 7) is 0. The van der Waals surface area contributed by atoms with Gasteiger partial charge in [0.2, 0.25) is 0 Å². The highest BCUT2D eigenvalue weighted by atomic mass is 35.5. The third-order valence-electron chi connectivity index (χ3n) is 3.35. The maximum atomic E-state index is 12.1. The van der Waals surface area contributed by atoms with Gasteiger partial charge in [0.25, 0.3) is 5.24 Å². The zero-order valence-electron chi connectivity index (χ0n) is 16.6. The lowest BCUT2D eigenvalue weighted by Gasteiger charge is -2.14. The normalized spacial score (nSPS) is 11.1. The fraction of sp³-hybridized carbons (Fsp3) is 0.222. The van der Waals surface area contributed by atoms with Crippen LogP contribution < -0.4 is 18.9 Å². The molecule has 0 aliphatic rings. The summed E-state index contributed by atoms with van der Waals surface area (Å²) in [5.41, 5.74) is -0.660. The summed E-state index contributed by atoms with van der Waals surface area (Å²) in [5.74, 6) is -3.66. The quantitative estimate of drug-likeness (QED) is 0.316. The molecule has 0 spiro atoms. The van der Waals surface area contributed by atoms with Crippen molar-refractivity contribution in [3.63, 3.8) is 0 Å². The summed E-state index contributed by atoms with van der Waals surface area (Å²) in [5, 5.41) is 7.21. The predicted molar refractivity (Wildman–Crippen MR) is 107 cm³/mol. The van der Waals surface area contributed by atoms with E-state index in [9.17, 15) is 35.9 Å². The molecule has 2 aromatic carbocycles. The first-order chi connectivity index (χ1) is 15.5. The third-order valence-corrected chi connectivity index (χ3v) is 4.13. The lowest BCUT2D eigenvalue weighted by Crippen LogP contribution is -2.18. The number of carboxylic acid groups (broad SMARTS) is 1. The van der Waals surface area contributed by atoms with Crippen LogP contribution in [0.5, 0.6) is 23.0 Å². The Labute approximate surface area is 201 Å². The van der Waals surface area contributed by atoms with Crippen LogP contribution in [0.3, 0.4) is 0 Å². The van der Waals surface area contributed by atoms with Gasteiger partial charge in [0.1, 0.15) is 0 Å². The number of alkyl halides is 6. The smallest absolute Gasteiger partial charge is 0.491 e. The zero-order valence-corrected chi connectivity index (χ0v) is 18.9. The highest BCUT2D eigenvalue weighted by Crippen LogP contribution is 2.40. The maximum Gasteiger partial charge on any atom is 0.573 e. The van der Waals surface area contributed by atoms with Crippen LogP contribution in [0.25, 0.3) is 0 Å². The molecule has 16 heteroatoms. The van der Waals surface area contributed by atoms with E-state index in [0.29, 0.717) is 6.07 Å². The summed E-state index contributed by atoms with van der Waals surface area (Å²) >= 11 is 16.3. The monoisotopic (exact) mass is 558 g/mol. The highest BCUT2D eigenvalue weighted by molar-refractivity contribution is 6.67. The first-order valence-corrected chi connectivity index (χ1v) is 9.32. The number of hydrogen-bond donors (Lipinski definition) is 1. The van der Waals surface area contributed by atoms with Crippen molar-refractivity contribution in [2.24, 2.45) is 0 Å². The van der Waals surface area contributed by atoms with E-state index in [2.05, 4.69) is 18.9 Å². The van der Waals surface area contributed by atoms with Crippen molar-refractivity contribution < 1.29 is 60.0 Å². The molecule has 0 aromatic heterocycles. The van der Waals surface area contributed by atoms with E-state index in [0.717, 1.165) is 32.4 Å². The van der Waals surface area contributed by atoms with Crippen molar-refractivity contribution in [2.75, 3.05) is 14.2 Å². The molecule has 0 aliphatic heterocycles. The van der Waals surface area contributed by atoms with Crippen molar-refractivity contribution in [3.05, 3.63) is 45.4 Å². The summed E-state index contributed by atoms with van der Waals surface area (Å²) < 4.78 is 89.0. The number of ether oxygens (including phenoxy) is 4. The van der Waals surface area contributed by atoms with Crippen LogP contribution in [0.15, 0.2) is 24.3 Å². The zero-order chi connectivity index (χ0) is 26.4. The van der Waals surface area contributed by atoms with Gasteiger partial charge in [0, 0.05) is 5.56 Å². The molecular formula is C18H11Cl3F6O7. The topological polar surface area (TPSA) is 91.3 Å². The Morgan fingerprint density at radius 2 is 1.12 bits per heavy atom. The Balaban J connectivity index is 0.000000340. The molecular weight excluding hydrogens is 549 g/mol. The molecule has 0 heterocycles. The van der Waals surface area contributed by atoms with Gasteiger partial charge in [0.15, 0.2) is 23.0 Å². The van der Waals surface area contributed by atoms with E-state index < -0.39 is 41.0 Å². The second kappa shape index (κ2) is 11.6. The van der Waals surface area contributed by atoms with Crippen molar-refractivity contribution in [3.8, 4) is 23.0 Å². The van der Waals surface area contributed by atoms with Crippen LogP contribution in [-0.2, 0) is 0 Å². The van der Waals surface area contributed by atoms with Gasteiger partial charge in [-0.25, -0.2) is 4.79 Å². The molecule has 188 valence electrons. The molecule has 2 rings (SSSR count). The van der Waals surface area contributed by atoms with E-state index in [-0.39, 0.29) is 27.1 Å². The number of carboxylic acids is 1. The summed E-state index contributed by atoms with van der Waals surface area (Å²) in [7, 11) is 2.21. The number of carbonyl (C=O) groups is 2. The van der Waals surface area contributed by atoms with Gasteiger partial charge >= 0.3 is 18.7 Å². The van der Waals surface area contributed by atoms with Crippen LogP contribution in [0, 0.1) is 0 Å². The van der Waals surface area contributed by atoms with Crippen molar-refractivity contribution in [2.45, 2.75) is 12.7 Å². The van der Waals surface area contributed by atoms with E-state index in [1.54, 1.807) is 0 Å². The minimum absolute atomic E-state index is 0.210. The number of methoxy groups -OCH3 is 2. The number of halogens is 9. The Morgan fingerprint density at radius 1 is 0.765 bits per heavy atom. The highest BCUT2D eigenvalue weighted by Gasteiger charge is 2.34. The van der Waals surface area contributed by atoms with Crippen LogP contribution in [-0.4, -0.2) is 43.3 Å². The largest absolute Gasteiger partial charge is 0.573 e. The summed E-state index contributed by atoms with van der Waals surface area (Å²) in [4.78, 5) is 21.5. The predicted octanol–water partition coefficient (Wildman–Crippen LogP) is 6.57. The lowest BCUT2D eigenvalue weighted by molar-refractivity contribution is -0.276. The van der Waals surface area contributed by atoms with E-state index in [1.807, 2.05) is 0 Å². The molecule has 0 saturated heterocycles. The van der Waals surface area contributed by atoms with Crippen LogP contribution in [0.2, 0.25) is 10.0 Å². The molecule has 0 aliphatic carbocycles. The third kappa shape index (κ3) is 8.88. The average Bonchev–Trinajstić information content (AvgIpc) is 2.65. The molecule has 7 nitrogen and oxygen atoms in total. The van der Waals surface area contributed by atoms with Gasteiger partial charge < -0.3 is 24.1 Å². The van der Waals surface area contributed by atoms with Crippen molar-refractivity contribution in [1.82, 2.24) is 0 Å². The van der Waals surface area contributed by atoms with Gasteiger partial charge in [-0.2, -0.15) is 0 Å². The lowest BCUT2D eigenvalue weighted by atomic mass is 10.2. The first kappa shape index (κ1) is 29.3. The first-order valence-electron chi connectivity index (χ1n) is 8.18. The molecule has 1 N–H and O–H groups in total. The Kier molecular flexibility index (Phi) is 9.97. The Morgan fingerprint density at radius 3 is 1.41 bits per heavy atom. The van der Waals surface area contributed by atoms with Crippen molar-refractivity contribution >= 4 is 46.0 Å². The second-order valence-electron chi connectivity index (χ2n) is 5.65. The molecule has 0 amide bonds. The molecule has 0 unspecified atom stereocenters. The van der Waals surface area contributed by atoms with Gasteiger partial charge in [0.05, 0.1) is 29.8 Å². The Hall–Kier alpha value is -2.77. The van der Waals surface area contributed by atoms with Gasteiger partial charge in [-0.05, 0) is 35.9 Å². The molecule has 0 atom stereocenters. The van der Waals surface area contributed by atoms with Gasteiger partial charge in [-0.15, -0.1) is 26.3 Å². The van der Waals surface area contributed by atoms with E-state index in [1.165, 1.54) is 0 Å². The molecule has 2 aromatic rings. The number of benzene rings is 2. The molecule has 0 fully saturated rings. The number of hydrogen-bond acceptors (Lipinski definition) is 6. The van der Waals surface area contributed by atoms with Crippen LogP contribution in [0.1, 0.15) is 20.7 Å². The summed E-state index contributed by atoms with van der Waals surface area (Å²) in [6, 6.07) is 3.53. The van der Waals surface area contributed by atoms with Gasteiger partial charge in [-0.3, -0.25) is 4.79 Å². The fourth-order valence-electron chi connectivity index (χ4n) is 2.17. The fourth-order valence-corrected chi connectivity index (χ4v) is 2.86. The average molecular weight is 560 g/mol. The van der Waals surface area contributed by atoms with Crippen LogP contribution >= 0.6 is 34.8 Å². The maximum absolute atomic E-state index is 12.1. The minimum Gasteiger partial charge on any atom is -0.491 e. The number of aromatic carboxylic acids is 1. The molecule has 0 saturated carbocycles. The van der Waals surface area contributed by atoms with Gasteiger partial charge in [-0.1, -0.05) is 23.2 Å². The van der Waals surface area contributed by atoms with Crippen LogP contribution in [0.4, 0.5) is 26.3 Å². The molecule has 34 heavy (non-hydrogen) atoms. The Bertz CT molecular complexity index is 974. The SMILES string of the molecule is COc1c(Cl)cc(C(=O)Cl)cc1OC(F)(F)F.COc1c(Cl)cc(C(=O)O)cc1OC(F)(F)F. The number of carbonyl (C=O) groups excluding carboxylic acids is 1.